The monoisotopic (exact) mass is 420 g/mol. The fraction of sp³-hybridized carbons (Fsp3) is 0.808. The lowest BCUT2D eigenvalue weighted by molar-refractivity contribution is -0.100. The Morgan fingerprint density at radius 2 is 2.00 bits per heavy atom. The van der Waals surface area contributed by atoms with Crippen LogP contribution in [0.2, 0.25) is 0 Å². The van der Waals surface area contributed by atoms with Crippen LogP contribution in [0.5, 0.6) is 0 Å². The van der Waals surface area contributed by atoms with Crippen LogP contribution in [-0.2, 0) is 6.54 Å². The summed E-state index contributed by atoms with van der Waals surface area (Å²) in [7, 11) is 0. The summed E-state index contributed by atoms with van der Waals surface area (Å²) in [5.74, 6) is 4.35. The summed E-state index contributed by atoms with van der Waals surface area (Å²) in [6.07, 6.45) is 14.2. The normalized spacial score (nSPS) is 44.9. The Balaban J connectivity index is 1.33. The van der Waals surface area contributed by atoms with Crippen LogP contribution in [-0.4, -0.2) is 26.5 Å². The van der Waals surface area contributed by atoms with Crippen LogP contribution in [0.4, 0.5) is 0 Å². The van der Waals surface area contributed by atoms with Crippen LogP contribution in [0.1, 0.15) is 77.2 Å². The zero-order valence-corrected chi connectivity index (χ0v) is 19.0. The van der Waals surface area contributed by atoms with Crippen molar-refractivity contribution in [2.45, 2.75) is 89.8 Å². The first kappa shape index (κ1) is 21.0. The van der Waals surface area contributed by atoms with Crippen molar-refractivity contribution < 1.29 is 5.11 Å². The number of nitriles is 1. The number of fused-ring (bicyclic) bond motifs is 5. The molecule has 4 saturated carbocycles. The third kappa shape index (κ3) is 3.50. The third-order valence-electron chi connectivity index (χ3n) is 10.1. The van der Waals surface area contributed by atoms with E-state index in [0.29, 0.717) is 18.0 Å². The van der Waals surface area contributed by atoms with Gasteiger partial charge in [-0.1, -0.05) is 6.92 Å². The molecule has 0 aromatic carbocycles. The molecule has 0 spiro atoms. The molecule has 31 heavy (non-hydrogen) atoms. The first-order valence-electron chi connectivity index (χ1n) is 12.4. The van der Waals surface area contributed by atoms with Gasteiger partial charge in [0.2, 0.25) is 6.04 Å². The number of rotatable bonds is 3. The van der Waals surface area contributed by atoms with Gasteiger partial charge < -0.3 is 9.95 Å². The molecule has 1 N–H and O–H groups in total. The summed E-state index contributed by atoms with van der Waals surface area (Å²) in [4.78, 5) is 4.10. The fourth-order valence-corrected chi connectivity index (χ4v) is 8.73. The molecule has 1 aromatic heterocycles. The Hall–Kier alpha value is -1.85. The minimum atomic E-state index is -0.448. The van der Waals surface area contributed by atoms with E-state index in [1.807, 2.05) is 11.6 Å². The van der Waals surface area contributed by atoms with Gasteiger partial charge in [0, 0.05) is 12.1 Å². The molecule has 0 aliphatic heterocycles. The fourth-order valence-electron chi connectivity index (χ4n) is 8.73. The standard InChI is InChI=1S/C26H36N4O/c1-25(31)10-8-19-18(12-25)4-5-21-20(19)9-11-26(2)22(21)6-7-23(26)24(28-3)16-30-15-17(13-27)14-29-30/h14-15,18-24,31H,4-12,16H2,1-2H3/t18-,19+,20-,21-,22+,23-,24-,25-,26+/m1/s1. The predicted octanol–water partition coefficient (Wildman–Crippen LogP) is 5.06. The molecule has 4 aliphatic rings. The summed E-state index contributed by atoms with van der Waals surface area (Å²) in [6.45, 7) is 13.1. The molecular weight excluding hydrogens is 384 g/mol. The van der Waals surface area contributed by atoms with Crippen LogP contribution in [0.25, 0.3) is 4.85 Å². The number of hydrogen-bond acceptors (Lipinski definition) is 3. The quantitative estimate of drug-likeness (QED) is 0.695. The maximum Gasteiger partial charge on any atom is 0.246 e. The molecule has 4 fully saturated rings. The van der Waals surface area contributed by atoms with E-state index in [-0.39, 0.29) is 11.5 Å². The maximum absolute atomic E-state index is 10.6. The average Bonchev–Trinajstić information content (AvgIpc) is 3.34. The van der Waals surface area contributed by atoms with Gasteiger partial charge in [0.05, 0.1) is 17.4 Å². The zero-order chi connectivity index (χ0) is 21.8. The maximum atomic E-state index is 10.6. The third-order valence-corrected chi connectivity index (χ3v) is 10.1. The van der Waals surface area contributed by atoms with E-state index in [0.717, 1.165) is 48.9 Å². The largest absolute Gasteiger partial charge is 0.390 e. The highest BCUT2D eigenvalue weighted by molar-refractivity contribution is 5.21. The molecule has 0 saturated heterocycles. The Kier molecular flexibility index (Phi) is 5.17. The van der Waals surface area contributed by atoms with Crippen LogP contribution in [0.15, 0.2) is 12.4 Å². The van der Waals surface area contributed by atoms with Crippen molar-refractivity contribution in [1.82, 2.24) is 9.78 Å². The van der Waals surface area contributed by atoms with Crippen molar-refractivity contribution in [1.29, 1.82) is 5.26 Å². The van der Waals surface area contributed by atoms with Gasteiger partial charge in [0.15, 0.2) is 0 Å². The molecule has 166 valence electrons. The van der Waals surface area contributed by atoms with E-state index in [9.17, 15) is 5.11 Å². The predicted molar refractivity (Wildman–Crippen MR) is 119 cm³/mol. The second-order valence-electron chi connectivity index (χ2n) is 11.7. The second kappa shape index (κ2) is 7.63. The van der Waals surface area contributed by atoms with Crippen molar-refractivity contribution in [3.63, 3.8) is 0 Å². The minimum Gasteiger partial charge on any atom is -0.390 e. The average molecular weight is 421 g/mol. The molecule has 1 heterocycles. The molecule has 9 atom stereocenters. The van der Waals surface area contributed by atoms with Gasteiger partial charge in [0.25, 0.3) is 0 Å². The number of aliphatic hydroxyl groups is 1. The van der Waals surface area contributed by atoms with Gasteiger partial charge in [-0.25, -0.2) is 6.57 Å². The lowest BCUT2D eigenvalue weighted by atomic mass is 9.48. The molecule has 0 radical (unpaired) electrons. The molecule has 0 amide bonds. The first-order chi connectivity index (χ1) is 14.8. The molecule has 0 unspecified atom stereocenters. The molecule has 5 heteroatoms. The van der Waals surface area contributed by atoms with Crippen molar-refractivity contribution in [3.05, 3.63) is 29.4 Å². The summed E-state index contributed by atoms with van der Waals surface area (Å²) < 4.78 is 1.81. The smallest absolute Gasteiger partial charge is 0.246 e. The molecule has 5 rings (SSSR count). The minimum absolute atomic E-state index is 0.0564. The molecule has 5 nitrogen and oxygen atoms in total. The van der Waals surface area contributed by atoms with Gasteiger partial charge >= 0.3 is 0 Å². The van der Waals surface area contributed by atoms with Gasteiger partial charge in [-0.05, 0) is 99.7 Å². The summed E-state index contributed by atoms with van der Waals surface area (Å²) in [5, 5.41) is 24.0. The van der Waals surface area contributed by atoms with E-state index < -0.39 is 5.60 Å². The van der Waals surface area contributed by atoms with E-state index in [1.165, 1.54) is 38.5 Å². The lowest BCUT2D eigenvalue weighted by Crippen LogP contribution is -2.51. The van der Waals surface area contributed by atoms with Gasteiger partial charge in [0.1, 0.15) is 12.6 Å². The van der Waals surface area contributed by atoms with Crippen molar-refractivity contribution >= 4 is 0 Å². The summed E-state index contributed by atoms with van der Waals surface area (Å²) >= 11 is 0. The van der Waals surface area contributed by atoms with Crippen molar-refractivity contribution in [2.75, 3.05) is 0 Å². The van der Waals surface area contributed by atoms with Crippen molar-refractivity contribution in [3.8, 4) is 6.07 Å². The van der Waals surface area contributed by atoms with Crippen molar-refractivity contribution in [2.24, 2.45) is 40.9 Å². The van der Waals surface area contributed by atoms with Crippen LogP contribution >= 0.6 is 0 Å². The zero-order valence-electron chi connectivity index (χ0n) is 19.0. The van der Waals surface area contributed by atoms with E-state index >= 15 is 0 Å². The molecule has 1 aromatic rings. The second-order valence-corrected chi connectivity index (χ2v) is 11.7. The van der Waals surface area contributed by atoms with E-state index in [4.69, 9.17) is 11.8 Å². The molecular formula is C26H36N4O. The van der Waals surface area contributed by atoms with Gasteiger partial charge in [-0.2, -0.15) is 10.4 Å². The van der Waals surface area contributed by atoms with Gasteiger partial charge in [-0.15, -0.1) is 0 Å². The Morgan fingerprint density at radius 3 is 2.74 bits per heavy atom. The summed E-state index contributed by atoms with van der Waals surface area (Å²) in [6, 6.07) is 2.09. The van der Waals surface area contributed by atoms with Gasteiger partial charge in [-0.3, -0.25) is 4.68 Å². The Bertz CT molecular complexity index is 907. The van der Waals surface area contributed by atoms with E-state index in [1.54, 1.807) is 12.4 Å². The first-order valence-corrected chi connectivity index (χ1v) is 12.4. The summed E-state index contributed by atoms with van der Waals surface area (Å²) in [5.41, 5.74) is 0.383. The number of nitrogens with zero attached hydrogens (tertiary/aromatic N) is 4. The Morgan fingerprint density at radius 1 is 1.19 bits per heavy atom. The van der Waals surface area contributed by atoms with E-state index in [2.05, 4.69) is 22.9 Å². The molecule has 4 aliphatic carbocycles. The van der Waals surface area contributed by atoms with Crippen LogP contribution in [0, 0.1) is 58.8 Å². The molecule has 0 bridgehead atoms. The lowest BCUT2D eigenvalue weighted by Gasteiger charge is -2.57. The highest BCUT2D eigenvalue weighted by Gasteiger charge is 2.60. The van der Waals surface area contributed by atoms with Crippen LogP contribution < -0.4 is 0 Å². The number of hydrogen-bond donors (Lipinski definition) is 1. The Labute approximate surface area is 186 Å². The topological polar surface area (TPSA) is 66.2 Å². The SMILES string of the molecule is [C-]#[N+][C@H](Cn1cc(C#N)cn1)[C@H]1CC[C@H]2[C@@H]3CC[C@@H]4C[C@](C)(O)CC[C@@H]4[C@H]3CC[C@]12C. The highest BCUT2D eigenvalue weighted by Crippen LogP contribution is 2.65. The number of aromatic nitrogens is 2. The highest BCUT2D eigenvalue weighted by atomic mass is 16.3. The van der Waals surface area contributed by atoms with Crippen LogP contribution in [0.3, 0.4) is 0 Å².